The highest BCUT2D eigenvalue weighted by atomic mass is 16.5. The second kappa shape index (κ2) is 5.75. The summed E-state index contributed by atoms with van der Waals surface area (Å²) >= 11 is 0. The molecule has 0 radical (unpaired) electrons. The van der Waals surface area contributed by atoms with Gasteiger partial charge in [0, 0.05) is 24.0 Å². The molecular weight excluding hydrogens is 244 g/mol. The van der Waals surface area contributed by atoms with Crippen LogP contribution in [0.25, 0.3) is 10.9 Å². The van der Waals surface area contributed by atoms with Crippen molar-refractivity contribution in [3.8, 4) is 5.75 Å². The standard InChI is InChI=1S/C14H18N2O3/c1-3-19-14(17)13-9-10-8-11(18-2)4-5-12(10)16(13)7-6-15/h4-5,8-9H,3,6-7,15H2,1-2H3. The SMILES string of the molecule is CCOC(=O)c1cc2cc(OC)ccc2n1CCN. The molecule has 1 aromatic heterocycles. The van der Waals surface area contributed by atoms with Crippen molar-refractivity contribution < 1.29 is 14.3 Å². The van der Waals surface area contributed by atoms with Gasteiger partial charge in [-0.3, -0.25) is 0 Å². The van der Waals surface area contributed by atoms with Crippen LogP contribution in [0, 0.1) is 0 Å². The second-order valence-corrected chi connectivity index (χ2v) is 4.12. The van der Waals surface area contributed by atoms with E-state index in [0.29, 0.717) is 25.4 Å². The van der Waals surface area contributed by atoms with E-state index < -0.39 is 0 Å². The lowest BCUT2D eigenvalue weighted by Gasteiger charge is -2.08. The number of esters is 1. The summed E-state index contributed by atoms with van der Waals surface area (Å²) in [6.45, 7) is 3.18. The first kappa shape index (κ1) is 13.4. The molecule has 0 saturated carbocycles. The molecule has 0 fully saturated rings. The number of carbonyl (C=O) groups is 1. The smallest absolute Gasteiger partial charge is 0.354 e. The molecule has 0 unspecified atom stereocenters. The van der Waals surface area contributed by atoms with Gasteiger partial charge in [0.2, 0.25) is 0 Å². The number of methoxy groups -OCH3 is 1. The van der Waals surface area contributed by atoms with Crippen LogP contribution < -0.4 is 10.5 Å². The van der Waals surface area contributed by atoms with Crippen molar-refractivity contribution in [2.45, 2.75) is 13.5 Å². The van der Waals surface area contributed by atoms with Crippen molar-refractivity contribution in [1.29, 1.82) is 0 Å². The molecule has 0 bridgehead atoms. The molecule has 2 aromatic rings. The number of rotatable bonds is 5. The number of hydrogen-bond donors (Lipinski definition) is 1. The maximum absolute atomic E-state index is 11.9. The van der Waals surface area contributed by atoms with Gasteiger partial charge in [-0.25, -0.2) is 4.79 Å². The lowest BCUT2D eigenvalue weighted by Crippen LogP contribution is -2.16. The van der Waals surface area contributed by atoms with Gasteiger partial charge in [-0.15, -0.1) is 0 Å². The Balaban J connectivity index is 2.55. The molecule has 2 rings (SSSR count). The van der Waals surface area contributed by atoms with E-state index in [9.17, 15) is 4.79 Å². The molecule has 1 aromatic carbocycles. The van der Waals surface area contributed by atoms with Crippen LogP contribution in [-0.2, 0) is 11.3 Å². The van der Waals surface area contributed by atoms with Crippen molar-refractivity contribution in [2.24, 2.45) is 5.73 Å². The molecule has 0 amide bonds. The Labute approximate surface area is 111 Å². The Morgan fingerprint density at radius 3 is 2.79 bits per heavy atom. The monoisotopic (exact) mass is 262 g/mol. The molecule has 19 heavy (non-hydrogen) atoms. The zero-order valence-corrected chi connectivity index (χ0v) is 11.2. The van der Waals surface area contributed by atoms with Crippen molar-refractivity contribution in [3.05, 3.63) is 30.0 Å². The van der Waals surface area contributed by atoms with Crippen LogP contribution in [0.1, 0.15) is 17.4 Å². The normalized spacial score (nSPS) is 10.7. The van der Waals surface area contributed by atoms with Gasteiger partial charge >= 0.3 is 5.97 Å². The Bertz CT molecular complexity index is 590. The first-order chi connectivity index (χ1) is 9.21. The summed E-state index contributed by atoms with van der Waals surface area (Å²) in [4.78, 5) is 11.9. The quantitative estimate of drug-likeness (QED) is 0.834. The Kier molecular flexibility index (Phi) is 4.06. The molecule has 0 spiro atoms. The van der Waals surface area contributed by atoms with Crippen LogP contribution >= 0.6 is 0 Å². The number of nitrogens with zero attached hydrogens (tertiary/aromatic N) is 1. The zero-order chi connectivity index (χ0) is 13.8. The van der Waals surface area contributed by atoms with Crippen LogP contribution in [0.4, 0.5) is 0 Å². The van der Waals surface area contributed by atoms with Crippen LogP contribution in [0.3, 0.4) is 0 Å². The average molecular weight is 262 g/mol. The Morgan fingerprint density at radius 2 is 2.16 bits per heavy atom. The summed E-state index contributed by atoms with van der Waals surface area (Å²) in [6, 6.07) is 7.49. The molecule has 0 saturated heterocycles. The minimum absolute atomic E-state index is 0.328. The third-order valence-electron chi connectivity index (χ3n) is 2.95. The van der Waals surface area contributed by atoms with E-state index in [1.165, 1.54) is 0 Å². The highest BCUT2D eigenvalue weighted by molar-refractivity contribution is 5.96. The van der Waals surface area contributed by atoms with Gasteiger partial charge in [-0.05, 0) is 31.2 Å². The number of ether oxygens (including phenoxy) is 2. The van der Waals surface area contributed by atoms with E-state index in [0.717, 1.165) is 16.7 Å². The largest absolute Gasteiger partial charge is 0.497 e. The van der Waals surface area contributed by atoms with Crippen LogP contribution in [0.2, 0.25) is 0 Å². The number of fused-ring (bicyclic) bond motifs is 1. The molecule has 102 valence electrons. The van der Waals surface area contributed by atoms with Gasteiger partial charge < -0.3 is 19.8 Å². The highest BCUT2D eigenvalue weighted by Gasteiger charge is 2.16. The van der Waals surface area contributed by atoms with E-state index in [-0.39, 0.29) is 5.97 Å². The minimum Gasteiger partial charge on any atom is -0.497 e. The highest BCUT2D eigenvalue weighted by Crippen LogP contribution is 2.25. The topological polar surface area (TPSA) is 66.5 Å². The fourth-order valence-electron chi connectivity index (χ4n) is 2.12. The lowest BCUT2D eigenvalue weighted by molar-refractivity contribution is 0.0514. The van der Waals surface area contributed by atoms with E-state index in [2.05, 4.69) is 0 Å². The Morgan fingerprint density at radius 1 is 1.37 bits per heavy atom. The zero-order valence-electron chi connectivity index (χ0n) is 11.2. The molecule has 5 heteroatoms. The molecule has 2 N–H and O–H groups in total. The van der Waals surface area contributed by atoms with Crippen LogP contribution in [0.5, 0.6) is 5.75 Å². The molecule has 0 aliphatic heterocycles. The fourth-order valence-corrected chi connectivity index (χ4v) is 2.12. The third-order valence-corrected chi connectivity index (χ3v) is 2.95. The molecular formula is C14H18N2O3. The molecule has 0 atom stereocenters. The van der Waals surface area contributed by atoms with Crippen LogP contribution in [-0.4, -0.2) is 30.8 Å². The van der Waals surface area contributed by atoms with Gasteiger partial charge in [0.15, 0.2) is 0 Å². The number of benzene rings is 1. The van der Waals surface area contributed by atoms with E-state index in [4.69, 9.17) is 15.2 Å². The number of carbonyl (C=O) groups excluding carboxylic acids is 1. The second-order valence-electron chi connectivity index (χ2n) is 4.12. The van der Waals surface area contributed by atoms with E-state index >= 15 is 0 Å². The summed E-state index contributed by atoms with van der Waals surface area (Å²) in [6.07, 6.45) is 0. The maximum Gasteiger partial charge on any atom is 0.354 e. The van der Waals surface area contributed by atoms with Gasteiger partial charge in [0.05, 0.1) is 13.7 Å². The molecule has 0 aliphatic rings. The molecule has 1 heterocycles. The summed E-state index contributed by atoms with van der Waals surface area (Å²) in [5, 5.41) is 0.941. The van der Waals surface area contributed by atoms with Crippen LogP contribution in [0.15, 0.2) is 24.3 Å². The molecule has 5 nitrogen and oxygen atoms in total. The molecule has 0 aliphatic carbocycles. The van der Waals surface area contributed by atoms with Crippen molar-refractivity contribution >= 4 is 16.9 Å². The van der Waals surface area contributed by atoms with Gasteiger partial charge in [-0.1, -0.05) is 0 Å². The Hall–Kier alpha value is -2.01. The third kappa shape index (κ3) is 2.56. The summed E-state index contributed by atoms with van der Waals surface area (Å²) in [5.74, 6) is 0.430. The fraction of sp³-hybridized carbons (Fsp3) is 0.357. The number of nitrogens with two attached hydrogens (primary N) is 1. The van der Waals surface area contributed by atoms with Crippen molar-refractivity contribution in [3.63, 3.8) is 0 Å². The van der Waals surface area contributed by atoms with Crippen molar-refractivity contribution in [1.82, 2.24) is 4.57 Å². The van der Waals surface area contributed by atoms with Crippen molar-refractivity contribution in [2.75, 3.05) is 20.3 Å². The van der Waals surface area contributed by atoms with Gasteiger partial charge in [0.1, 0.15) is 11.4 Å². The lowest BCUT2D eigenvalue weighted by atomic mass is 10.2. The average Bonchev–Trinajstić information content (AvgIpc) is 2.77. The number of hydrogen-bond acceptors (Lipinski definition) is 4. The first-order valence-electron chi connectivity index (χ1n) is 6.25. The maximum atomic E-state index is 11.9. The summed E-state index contributed by atoms with van der Waals surface area (Å²) in [5.41, 5.74) is 7.09. The first-order valence-corrected chi connectivity index (χ1v) is 6.25. The summed E-state index contributed by atoms with van der Waals surface area (Å²) < 4.78 is 12.1. The predicted octanol–water partition coefficient (Wildman–Crippen LogP) is 1.79. The minimum atomic E-state index is -0.328. The summed E-state index contributed by atoms with van der Waals surface area (Å²) in [7, 11) is 1.62. The van der Waals surface area contributed by atoms with Gasteiger partial charge in [0.25, 0.3) is 0 Å². The predicted molar refractivity (Wildman–Crippen MR) is 73.5 cm³/mol. The van der Waals surface area contributed by atoms with Gasteiger partial charge in [-0.2, -0.15) is 0 Å². The number of aromatic nitrogens is 1. The van der Waals surface area contributed by atoms with E-state index in [1.807, 2.05) is 28.8 Å². The van der Waals surface area contributed by atoms with E-state index in [1.54, 1.807) is 14.0 Å².